The Morgan fingerprint density at radius 1 is 1.20 bits per heavy atom. The molecule has 1 fully saturated rings. The summed E-state index contributed by atoms with van der Waals surface area (Å²) in [6, 6.07) is 9.79. The molecule has 0 aromatic carbocycles. The maximum Gasteiger partial charge on any atom is 0.250 e. The van der Waals surface area contributed by atoms with Crippen LogP contribution in [0.4, 0.5) is 0 Å². The normalized spacial score (nSPS) is 22.3. The average Bonchev–Trinajstić information content (AvgIpc) is 3.43. The number of fused-ring (bicyclic) bond motifs is 5. The van der Waals surface area contributed by atoms with Crippen molar-refractivity contribution in [2.45, 2.75) is 31.8 Å². The number of thiophene rings is 1. The largest absolute Gasteiger partial charge is 0.492 e. The molecule has 4 aromatic rings. The van der Waals surface area contributed by atoms with Crippen molar-refractivity contribution in [1.29, 1.82) is 0 Å². The van der Waals surface area contributed by atoms with E-state index < -0.39 is 0 Å². The monoisotopic (exact) mass is 439 g/mol. The van der Waals surface area contributed by atoms with Gasteiger partial charge < -0.3 is 9.67 Å². The molecule has 2 aliphatic heterocycles. The summed E-state index contributed by atoms with van der Waals surface area (Å²) in [5.41, 5.74) is 1.24. The van der Waals surface area contributed by atoms with Crippen LogP contribution in [0.3, 0.4) is 0 Å². The van der Waals surface area contributed by atoms with Crippen LogP contribution in [0.5, 0.6) is 5.88 Å². The van der Waals surface area contributed by atoms with Crippen LogP contribution in [0.2, 0.25) is 0 Å². The summed E-state index contributed by atoms with van der Waals surface area (Å²) in [6.45, 7) is 4.35. The molecule has 0 aliphatic carbocycles. The fourth-order valence-corrected chi connectivity index (χ4v) is 7.19. The number of hydrogen-bond donors (Lipinski definition) is 1. The van der Waals surface area contributed by atoms with Crippen LogP contribution in [0.15, 0.2) is 40.5 Å². The highest BCUT2D eigenvalue weighted by Crippen LogP contribution is 2.45. The van der Waals surface area contributed by atoms with Crippen molar-refractivity contribution >= 4 is 27.6 Å². The molecule has 9 heteroatoms. The van der Waals surface area contributed by atoms with Gasteiger partial charge in [0.1, 0.15) is 5.82 Å². The van der Waals surface area contributed by atoms with Gasteiger partial charge in [-0.1, -0.05) is 23.5 Å². The summed E-state index contributed by atoms with van der Waals surface area (Å²) in [5.74, 6) is 1.58. The molecule has 4 aromatic heterocycles. The van der Waals surface area contributed by atoms with Crippen LogP contribution in [0, 0.1) is 12.8 Å². The first kappa shape index (κ1) is 18.3. The first-order valence-electron chi connectivity index (χ1n) is 10.1. The van der Waals surface area contributed by atoms with Crippen LogP contribution in [-0.4, -0.2) is 42.3 Å². The minimum Gasteiger partial charge on any atom is -0.492 e. The van der Waals surface area contributed by atoms with Gasteiger partial charge in [0.25, 0.3) is 5.56 Å². The number of aryl methyl sites for hydroxylation is 1. The van der Waals surface area contributed by atoms with Gasteiger partial charge in [0.05, 0.1) is 10.9 Å². The summed E-state index contributed by atoms with van der Waals surface area (Å²) in [5, 5.41) is 17.4. The van der Waals surface area contributed by atoms with Crippen molar-refractivity contribution in [3.8, 4) is 5.88 Å². The van der Waals surface area contributed by atoms with E-state index in [1.54, 1.807) is 21.9 Å². The standard InChI is InChI=1S/C21H21N5O2S2/c1-12-22-21-26(23-12)20(28)19(30-21)18(16-5-3-7-29-16)24-9-13-8-14(11-24)15-4-2-6-17(27)25(15)10-13/h2-7,13-14,18,28H,8-11H2,1H3/t13-,14+,18?/m1/s1. The van der Waals surface area contributed by atoms with Crippen molar-refractivity contribution in [2.24, 2.45) is 5.92 Å². The SMILES string of the molecule is Cc1nc2sc(C(c3cccs3)N3C[C@H]4C[C@@H](C3)c3cccc(=O)n3C4)c(O)n2n1. The van der Waals surface area contributed by atoms with Gasteiger partial charge in [0, 0.05) is 42.2 Å². The predicted octanol–water partition coefficient (Wildman–Crippen LogP) is 3.24. The van der Waals surface area contributed by atoms with Gasteiger partial charge in [-0.3, -0.25) is 9.69 Å². The van der Waals surface area contributed by atoms with Gasteiger partial charge in [-0.2, -0.15) is 4.52 Å². The zero-order valence-electron chi connectivity index (χ0n) is 16.4. The molecule has 2 aliphatic rings. The van der Waals surface area contributed by atoms with Crippen LogP contribution in [-0.2, 0) is 6.54 Å². The Morgan fingerprint density at radius 3 is 2.90 bits per heavy atom. The Hall–Kier alpha value is -2.49. The third-order valence-corrected chi connectivity index (χ3v) is 8.24. The van der Waals surface area contributed by atoms with Crippen molar-refractivity contribution in [3.63, 3.8) is 0 Å². The summed E-state index contributed by atoms with van der Waals surface area (Å²) < 4.78 is 3.51. The van der Waals surface area contributed by atoms with Gasteiger partial charge in [-0.25, -0.2) is 4.98 Å². The highest BCUT2D eigenvalue weighted by atomic mass is 32.1. The van der Waals surface area contributed by atoms with E-state index >= 15 is 0 Å². The molecule has 0 spiro atoms. The lowest BCUT2D eigenvalue weighted by Gasteiger charge is -2.45. The minimum atomic E-state index is -0.0360. The predicted molar refractivity (Wildman–Crippen MR) is 117 cm³/mol. The highest BCUT2D eigenvalue weighted by molar-refractivity contribution is 7.17. The van der Waals surface area contributed by atoms with Crippen molar-refractivity contribution in [1.82, 2.24) is 24.1 Å². The molecule has 1 saturated heterocycles. The molecule has 7 nitrogen and oxygen atoms in total. The Balaban J connectivity index is 1.43. The zero-order valence-corrected chi connectivity index (χ0v) is 18.1. The summed E-state index contributed by atoms with van der Waals surface area (Å²) in [7, 11) is 0. The summed E-state index contributed by atoms with van der Waals surface area (Å²) >= 11 is 3.22. The lowest BCUT2D eigenvalue weighted by molar-refractivity contribution is 0.0964. The minimum absolute atomic E-state index is 0.0360. The van der Waals surface area contributed by atoms with Gasteiger partial charge in [0.15, 0.2) is 0 Å². The number of nitrogens with zero attached hydrogens (tertiary/aromatic N) is 5. The summed E-state index contributed by atoms with van der Waals surface area (Å²) in [4.78, 5) is 22.1. The third-order valence-electron chi connectivity index (χ3n) is 6.24. The van der Waals surface area contributed by atoms with Gasteiger partial charge >= 0.3 is 0 Å². The molecule has 0 saturated carbocycles. The zero-order chi connectivity index (χ0) is 20.4. The number of rotatable bonds is 3. The van der Waals surface area contributed by atoms with E-state index in [1.807, 2.05) is 17.6 Å². The van der Waals surface area contributed by atoms with Crippen molar-refractivity contribution in [2.75, 3.05) is 13.1 Å². The molecular formula is C21H21N5O2S2. The van der Waals surface area contributed by atoms with Crippen LogP contribution in [0.25, 0.3) is 4.96 Å². The molecule has 0 radical (unpaired) electrons. The van der Waals surface area contributed by atoms with E-state index in [1.165, 1.54) is 16.2 Å². The Kier molecular flexibility index (Phi) is 4.12. The fourth-order valence-electron chi connectivity index (χ4n) is 5.09. The Labute approximate surface area is 180 Å². The molecule has 6 heterocycles. The van der Waals surface area contributed by atoms with E-state index in [9.17, 15) is 9.90 Å². The summed E-state index contributed by atoms with van der Waals surface area (Å²) in [6.07, 6.45) is 1.11. The quantitative estimate of drug-likeness (QED) is 0.530. The molecule has 154 valence electrons. The van der Waals surface area contributed by atoms with Crippen LogP contribution < -0.4 is 5.56 Å². The van der Waals surface area contributed by atoms with Crippen LogP contribution >= 0.6 is 22.7 Å². The van der Waals surface area contributed by atoms with E-state index in [2.05, 4.69) is 38.6 Å². The molecule has 3 atom stereocenters. The van der Waals surface area contributed by atoms with E-state index in [-0.39, 0.29) is 17.5 Å². The number of aromatic nitrogens is 4. The number of piperidine rings is 1. The Bertz CT molecular complexity index is 1290. The fraction of sp³-hybridized carbons (Fsp3) is 0.381. The highest BCUT2D eigenvalue weighted by Gasteiger charge is 2.39. The van der Waals surface area contributed by atoms with Crippen molar-refractivity contribution in [3.05, 3.63) is 67.3 Å². The first-order valence-corrected chi connectivity index (χ1v) is 11.8. The molecule has 6 rings (SSSR count). The maximum atomic E-state index is 12.4. The lowest BCUT2D eigenvalue weighted by Crippen LogP contribution is -2.48. The number of aromatic hydroxyl groups is 1. The van der Waals surface area contributed by atoms with Gasteiger partial charge in [0.2, 0.25) is 10.8 Å². The molecule has 1 N–H and O–H groups in total. The molecule has 1 unspecified atom stereocenters. The van der Waals surface area contributed by atoms with Gasteiger partial charge in [-0.15, -0.1) is 16.4 Å². The van der Waals surface area contributed by atoms with E-state index in [0.29, 0.717) is 17.7 Å². The second kappa shape index (κ2) is 6.76. The third kappa shape index (κ3) is 2.76. The van der Waals surface area contributed by atoms with Gasteiger partial charge in [-0.05, 0) is 36.8 Å². The topological polar surface area (TPSA) is 75.7 Å². The first-order chi connectivity index (χ1) is 14.6. The number of pyridine rings is 1. The molecular weight excluding hydrogens is 418 g/mol. The number of likely N-dealkylation sites (tertiary alicyclic amines) is 1. The molecule has 2 bridgehead atoms. The average molecular weight is 440 g/mol. The Morgan fingerprint density at radius 2 is 2.10 bits per heavy atom. The lowest BCUT2D eigenvalue weighted by atomic mass is 9.82. The van der Waals surface area contributed by atoms with Crippen LogP contribution in [0.1, 0.15) is 39.7 Å². The number of hydrogen-bond acceptors (Lipinski definition) is 7. The number of thiazole rings is 1. The second-order valence-corrected chi connectivity index (χ2v) is 10.2. The molecule has 0 amide bonds. The second-order valence-electron chi connectivity index (χ2n) is 8.21. The van der Waals surface area contributed by atoms with E-state index in [0.717, 1.165) is 41.6 Å². The van der Waals surface area contributed by atoms with Crippen molar-refractivity contribution < 1.29 is 5.11 Å². The molecule has 30 heavy (non-hydrogen) atoms. The van der Waals surface area contributed by atoms with E-state index in [4.69, 9.17) is 0 Å². The maximum absolute atomic E-state index is 12.4. The smallest absolute Gasteiger partial charge is 0.250 e.